The van der Waals surface area contributed by atoms with E-state index in [0.717, 1.165) is 27.3 Å². The molecular formula is C22H30N2O5S. The van der Waals surface area contributed by atoms with Gasteiger partial charge in [0.05, 0.1) is 32.2 Å². The molecule has 2 unspecified atom stereocenters. The molecule has 7 nitrogen and oxygen atoms in total. The Balaban J connectivity index is 2.38. The van der Waals surface area contributed by atoms with E-state index < -0.39 is 22.0 Å². The van der Waals surface area contributed by atoms with Crippen molar-refractivity contribution in [3.63, 3.8) is 0 Å². The Labute approximate surface area is 179 Å². The van der Waals surface area contributed by atoms with Gasteiger partial charge < -0.3 is 14.8 Å². The van der Waals surface area contributed by atoms with E-state index in [4.69, 9.17) is 9.47 Å². The van der Waals surface area contributed by atoms with E-state index >= 15 is 0 Å². The topological polar surface area (TPSA) is 84.9 Å². The lowest BCUT2D eigenvalue weighted by molar-refractivity contribution is -0.122. The Morgan fingerprint density at radius 3 is 2.23 bits per heavy atom. The number of carbonyl (C=O) groups excluding carboxylic acids is 1. The first kappa shape index (κ1) is 23.5. The van der Waals surface area contributed by atoms with E-state index in [0.29, 0.717) is 11.5 Å². The Bertz CT molecular complexity index is 1020. The molecule has 2 aromatic carbocycles. The van der Waals surface area contributed by atoms with Crippen LogP contribution in [0.1, 0.15) is 36.6 Å². The number of methoxy groups -OCH3 is 2. The van der Waals surface area contributed by atoms with Gasteiger partial charge in [-0.2, -0.15) is 0 Å². The van der Waals surface area contributed by atoms with Crippen LogP contribution < -0.4 is 19.1 Å². The van der Waals surface area contributed by atoms with Crippen molar-refractivity contribution in [3.8, 4) is 11.5 Å². The van der Waals surface area contributed by atoms with E-state index in [9.17, 15) is 13.2 Å². The first-order valence-corrected chi connectivity index (χ1v) is 11.4. The molecule has 0 aliphatic heterocycles. The highest BCUT2D eigenvalue weighted by atomic mass is 32.2. The minimum Gasteiger partial charge on any atom is -0.497 e. The molecule has 0 aliphatic carbocycles. The van der Waals surface area contributed by atoms with Gasteiger partial charge in [-0.05, 0) is 51.0 Å². The summed E-state index contributed by atoms with van der Waals surface area (Å²) in [5, 5.41) is 2.93. The average molecular weight is 435 g/mol. The van der Waals surface area contributed by atoms with Crippen LogP contribution in [0.3, 0.4) is 0 Å². The predicted octanol–water partition coefficient (Wildman–Crippen LogP) is 3.35. The maximum absolute atomic E-state index is 13.0. The van der Waals surface area contributed by atoms with Gasteiger partial charge in [0.2, 0.25) is 15.9 Å². The Hall–Kier alpha value is -2.74. The van der Waals surface area contributed by atoms with Crippen LogP contribution >= 0.6 is 0 Å². The summed E-state index contributed by atoms with van der Waals surface area (Å²) in [7, 11) is -0.870. The molecule has 0 saturated carbocycles. The molecule has 0 radical (unpaired) electrons. The number of ether oxygens (including phenoxy) is 2. The first-order valence-electron chi connectivity index (χ1n) is 9.58. The van der Waals surface area contributed by atoms with E-state index in [1.807, 2.05) is 39.0 Å². The molecule has 0 aliphatic rings. The van der Waals surface area contributed by atoms with Crippen molar-refractivity contribution in [2.24, 2.45) is 0 Å². The van der Waals surface area contributed by atoms with Crippen LogP contribution in [0.5, 0.6) is 11.5 Å². The van der Waals surface area contributed by atoms with Crippen molar-refractivity contribution in [2.75, 3.05) is 24.8 Å². The van der Waals surface area contributed by atoms with Crippen molar-refractivity contribution in [1.82, 2.24) is 5.32 Å². The molecule has 0 spiro atoms. The summed E-state index contributed by atoms with van der Waals surface area (Å²) in [6.45, 7) is 7.41. The second-order valence-corrected chi connectivity index (χ2v) is 9.22. The number of nitrogens with one attached hydrogen (secondary N) is 1. The van der Waals surface area contributed by atoms with Crippen LogP contribution in [-0.4, -0.2) is 40.8 Å². The number of anilines is 1. The zero-order chi connectivity index (χ0) is 22.6. The lowest BCUT2D eigenvalue weighted by Gasteiger charge is -2.30. The third-order valence-corrected chi connectivity index (χ3v) is 6.19. The summed E-state index contributed by atoms with van der Waals surface area (Å²) in [6.07, 6.45) is 1.06. The van der Waals surface area contributed by atoms with Crippen LogP contribution in [0.4, 0.5) is 5.69 Å². The molecule has 0 aromatic heterocycles. The molecule has 30 heavy (non-hydrogen) atoms. The molecule has 0 fully saturated rings. The number of hydrogen-bond donors (Lipinski definition) is 1. The maximum Gasteiger partial charge on any atom is 0.244 e. The summed E-state index contributed by atoms with van der Waals surface area (Å²) in [5.41, 5.74) is 3.41. The third-order valence-electron chi connectivity index (χ3n) is 4.96. The number of carbonyl (C=O) groups is 1. The van der Waals surface area contributed by atoms with Gasteiger partial charge in [-0.3, -0.25) is 9.10 Å². The van der Waals surface area contributed by atoms with Crippen molar-refractivity contribution in [2.45, 2.75) is 39.8 Å². The first-order chi connectivity index (χ1) is 14.0. The Kier molecular flexibility index (Phi) is 7.36. The minimum atomic E-state index is -3.80. The second-order valence-electron chi connectivity index (χ2n) is 7.36. The quantitative estimate of drug-likeness (QED) is 0.689. The lowest BCUT2D eigenvalue weighted by Crippen LogP contribution is -2.48. The molecule has 2 rings (SSSR count). The van der Waals surface area contributed by atoms with Gasteiger partial charge in [0.15, 0.2) is 0 Å². The fourth-order valence-corrected chi connectivity index (χ4v) is 4.64. The molecule has 2 aromatic rings. The largest absolute Gasteiger partial charge is 0.497 e. The van der Waals surface area contributed by atoms with Gasteiger partial charge in [-0.25, -0.2) is 8.42 Å². The lowest BCUT2D eigenvalue weighted by atomic mass is 10.00. The van der Waals surface area contributed by atoms with Gasteiger partial charge in [-0.15, -0.1) is 0 Å². The predicted molar refractivity (Wildman–Crippen MR) is 119 cm³/mol. The van der Waals surface area contributed by atoms with Crippen molar-refractivity contribution in [1.29, 1.82) is 0 Å². The summed E-state index contributed by atoms with van der Waals surface area (Å²) >= 11 is 0. The van der Waals surface area contributed by atoms with E-state index in [1.165, 1.54) is 20.3 Å². The summed E-state index contributed by atoms with van der Waals surface area (Å²) < 4.78 is 36.9. The summed E-state index contributed by atoms with van der Waals surface area (Å²) in [5.74, 6) is 0.358. The van der Waals surface area contributed by atoms with Crippen LogP contribution in [-0.2, 0) is 14.8 Å². The molecule has 2 atom stereocenters. The van der Waals surface area contributed by atoms with Crippen LogP contribution in [0.25, 0.3) is 0 Å². The van der Waals surface area contributed by atoms with Gasteiger partial charge >= 0.3 is 0 Å². The fourth-order valence-electron chi connectivity index (χ4n) is 3.47. The fraction of sp³-hybridized carbons (Fsp3) is 0.409. The van der Waals surface area contributed by atoms with Crippen LogP contribution in [0.15, 0.2) is 36.4 Å². The van der Waals surface area contributed by atoms with Gasteiger partial charge in [-0.1, -0.05) is 23.8 Å². The number of sulfonamides is 1. The number of amides is 1. The monoisotopic (exact) mass is 434 g/mol. The number of nitrogens with zero attached hydrogens (tertiary/aromatic N) is 1. The standard InChI is InChI=1S/C22H30N2O5S/c1-14-8-10-19(15(2)12-14)16(3)23-22(25)17(4)24(30(7,26)27)20-13-18(28-5)9-11-21(20)29-6/h8-13,16-17H,1-7H3,(H,23,25). The number of rotatable bonds is 8. The van der Waals surface area contributed by atoms with E-state index in [-0.39, 0.29) is 11.7 Å². The smallest absolute Gasteiger partial charge is 0.244 e. The number of hydrogen-bond acceptors (Lipinski definition) is 5. The average Bonchev–Trinajstić information content (AvgIpc) is 2.66. The molecule has 164 valence electrons. The van der Waals surface area contributed by atoms with E-state index in [2.05, 4.69) is 5.32 Å². The van der Waals surface area contributed by atoms with Crippen molar-refractivity contribution < 1.29 is 22.7 Å². The van der Waals surface area contributed by atoms with Gasteiger partial charge in [0.1, 0.15) is 17.5 Å². The molecule has 0 heterocycles. The summed E-state index contributed by atoms with van der Waals surface area (Å²) in [6, 6.07) is 9.52. The number of benzene rings is 2. The molecule has 1 N–H and O–H groups in total. The van der Waals surface area contributed by atoms with Gasteiger partial charge in [0.25, 0.3) is 0 Å². The van der Waals surface area contributed by atoms with Crippen LogP contribution in [0, 0.1) is 13.8 Å². The Morgan fingerprint density at radius 2 is 1.70 bits per heavy atom. The maximum atomic E-state index is 13.0. The second kappa shape index (κ2) is 9.38. The highest BCUT2D eigenvalue weighted by molar-refractivity contribution is 7.92. The molecule has 0 saturated heterocycles. The van der Waals surface area contributed by atoms with E-state index in [1.54, 1.807) is 19.1 Å². The SMILES string of the molecule is COc1ccc(OC)c(N(C(C)C(=O)NC(C)c2ccc(C)cc2C)S(C)(=O)=O)c1. The Morgan fingerprint density at radius 1 is 1.03 bits per heavy atom. The zero-order valence-electron chi connectivity index (χ0n) is 18.5. The van der Waals surface area contributed by atoms with Crippen molar-refractivity contribution in [3.05, 3.63) is 53.1 Å². The highest BCUT2D eigenvalue weighted by Crippen LogP contribution is 2.35. The normalized spacial score (nSPS) is 13.3. The molecule has 8 heteroatoms. The van der Waals surface area contributed by atoms with Crippen LogP contribution in [0.2, 0.25) is 0 Å². The highest BCUT2D eigenvalue weighted by Gasteiger charge is 2.32. The third kappa shape index (κ3) is 5.24. The van der Waals surface area contributed by atoms with Gasteiger partial charge in [0, 0.05) is 6.07 Å². The molecular weight excluding hydrogens is 404 g/mol. The summed E-state index contributed by atoms with van der Waals surface area (Å²) in [4.78, 5) is 13.0. The zero-order valence-corrected chi connectivity index (χ0v) is 19.3. The molecule has 0 bridgehead atoms. The minimum absolute atomic E-state index is 0.237. The number of aryl methyl sites for hydroxylation is 2. The van der Waals surface area contributed by atoms with Crippen molar-refractivity contribution >= 4 is 21.6 Å². The molecule has 1 amide bonds.